The van der Waals surface area contributed by atoms with E-state index in [9.17, 15) is 0 Å². The molecule has 3 saturated heterocycles. The first-order valence-corrected chi connectivity index (χ1v) is 6.82. The van der Waals surface area contributed by atoms with Crippen molar-refractivity contribution in [2.24, 2.45) is 5.92 Å². The molecule has 0 N–H and O–H groups in total. The summed E-state index contributed by atoms with van der Waals surface area (Å²) in [4.78, 5) is 2.47. The van der Waals surface area contributed by atoms with Crippen LogP contribution in [0.25, 0.3) is 0 Å². The number of piperidine rings is 3. The van der Waals surface area contributed by atoms with Gasteiger partial charge in [0, 0.05) is 12.6 Å². The summed E-state index contributed by atoms with van der Waals surface area (Å²) in [7, 11) is 0. The quantitative estimate of drug-likeness (QED) is 0.817. The fourth-order valence-corrected chi connectivity index (χ4v) is 3.06. The van der Waals surface area contributed by atoms with Crippen molar-refractivity contribution in [2.75, 3.05) is 19.6 Å². The lowest BCUT2D eigenvalue weighted by Crippen LogP contribution is -2.52. The predicted octanol–water partition coefficient (Wildman–Crippen LogP) is 3.47. The van der Waals surface area contributed by atoms with Crippen molar-refractivity contribution in [2.45, 2.75) is 18.9 Å². The molecule has 1 aromatic carbocycles. The highest BCUT2D eigenvalue weighted by molar-refractivity contribution is 6.42. The second-order valence-electron chi connectivity index (χ2n) is 4.87. The summed E-state index contributed by atoms with van der Waals surface area (Å²) in [5, 5.41) is 1.14. The van der Waals surface area contributed by atoms with Crippen LogP contribution >= 0.6 is 23.2 Å². The molecule has 0 radical (unpaired) electrons. The minimum absolute atomic E-state index is 0.315. The standard InChI is InChI=1S/C13H15Cl2NO/c14-11-2-1-10(7-12(11)15)17-13-8-16-5-3-9(13)4-6-16/h1-2,7,9,13H,3-6,8H2/t13-/m0/s1. The molecule has 2 nitrogen and oxygen atoms in total. The molecule has 2 bridgehead atoms. The van der Waals surface area contributed by atoms with Crippen molar-refractivity contribution in [3.63, 3.8) is 0 Å². The van der Waals surface area contributed by atoms with Crippen LogP contribution in [0, 0.1) is 5.92 Å². The summed E-state index contributed by atoms with van der Waals surface area (Å²) in [6.45, 7) is 3.50. The molecule has 92 valence electrons. The Morgan fingerprint density at radius 3 is 2.47 bits per heavy atom. The van der Waals surface area contributed by atoms with E-state index in [-0.39, 0.29) is 0 Å². The summed E-state index contributed by atoms with van der Waals surface area (Å²) in [6.07, 6.45) is 2.83. The van der Waals surface area contributed by atoms with E-state index in [1.54, 1.807) is 6.07 Å². The van der Waals surface area contributed by atoms with Crippen molar-refractivity contribution in [1.82, 2.24) is 4.90 Å². The van der Waals surface area contributed by atoms with E-state index >= 15 is 0 Å². The van der Waals surface area contributed by atoms with E-state index < -0.39 is 0 Å². The third kappa shape index (κ3) is 2.40. The van der Waals surface area contributed by atoms with Gasteiger partial charge in [-0.2, -0.15) is 0 Å². The van der Waals surface area contributed by atoms with Crippen LogP contribution in [0.5, 0.6) is 5.75 Å². The van der Waals surface area contributed by atoms with E-state index in [2.05, 4.69) is 4.90 Å². The number of ether oxygens (including phenoxy) is 1. The fourth-order valence-electron chi connectivity index (χ4n) is 2.77. The molecule has 3 fully saturated rings. The minimum atomic E-state index is 0.315. The predicted molar refractivity (Wildman–Crippen MR) is 70.0 cm³/mol. The second kappa shape index (κ2) is 4.68. The first-order chi connectivity index (χ1) is 8.22. The molecule has 0 aromatic heterocycles. The van der Waals surface area contributed by atoms with Crippen molar-refractivity contribution in [3.8, 4) is 5.75 Å². The molecule has 0 saturated carbocycles. The van der Waals surface area contributed by atoms with Crippen LogP contribution in [0.4, 0.5) is 0 Å². The molecule has 4 heteroatoms. The van der Waals surface area contributed by atoms with Crippen LogP contribution in [0.15, 0.2) is 18.2 Å². The van der Waals surface area contributed by atoms with Crippen LogP contribution in [0.1, 0.15) is 12.8 Å². The lowest BCUT2D eigenvalue weighted by molar-refractivity contribution is -0.00775. The van der Waals surface area contributed by atoms with Gasteiger partial charge >= 0.3 is 0 Å². The molecular formula is C13H15Cl2NO. The Morgan fingerprint density at radius 2 is 1.88 bits per heavy atom. The summed E-state index contributed by atoms with van der Waals surface area (Å²) in [5.41, 5.74) is 0. The largest absolute Gasteiger partial charge is 0.489 e. The summed E-state index contributed by atoms with van der Waals surface area (Å²) in [5.74, 6) is 1.53. The van der Waals surface area contributed by atoms with Gasteiger partial charge < -0.3 is 4.74 Å². The van der Waals surface area contributed by atoms with Gasteiger partial charge in [-0.3, -0.25) is 4.90 Å². The van der Waals surface area contributed by atoms with E-state index in [0.29, 0.717) is 22.1 Å². The second-order valence-corrected chi connectivity index (χ2v) is 5.68. The lowest BCUT2D eigenvalue weighted by Gasteiger charge is -2.44. The Labute approximate surface area is 111 Å². The number of hydrogen-bond donors (Lipinski definition) is 0. The maximum Gasteiger partial charge on any atom is 0.121 e. The molecule has 0 spiro atoms. The number of nitrogens with zero attached hydrogens (tertiary/aromatic N) is 1. The van der Waals surface area contributed by atoms with Crippen LogP contribution in [0.2, 0.25) is 10.0 Å². The monoisotopic (exact) mass is 271 g/mol. The Hall–Kier alpha value is -0.440. The van der Waals surface area contributed by atoms with E-state index in [1.807, 2.05) is 12.1 Å². The van der Waals surface area contributed by atoms with Gasteiger partial charge in [-0.15, -0.1) is 0 Å². The van der Waals surface area contributed by atoms with Gasteiger partial charge in [0.2, 0.25) is 0 Å². The molecule has 3 aliphatic heterocycles. The molecule has 1 atom stereocenters. The molecule has 0 amide bonds. The van der Waals surface area contributed by atoms with Crippen molar-refractivity contribution < 1.29 is 4.74 Å². The number of halogens is 2. The zero-order chi connectivity index (χ0) is 11.8. The number of rotatable bonds is 2. The topological polar surface area (TPSA) is 12.5 Å². The minimum Gasteiger partial charge on any atom is -0.489 e. The smallest absolute Gasteiger partial charge is 0.121 e. The molecule has 0 unspecified atom stereocenters. The molecule has 3 heterocycles. The number of fused-ring (bicyclic) bond motifs is 3. The maximum absolute atomic E-state index is 6.04. The van der Waals surface area contributed by atoms with Crippen molar-refractivity contribution in [1.29, 1.82) is 0 Å². The zero-order valence-corrected chi connectivity index (χ0v) is 11.0. The van der Waals surface area contributed by atoms with E-state index in [0.717, 1.165) is 12.3 Å². The fraction of sp³-hybridized carbons (Fsp3) is 0.538. The Balaban J connectivity index is 1.72. The van der Waals surface area contributed by atoms with Gasteiger partial charge in [-0.25, -0.2) is 0 Å². The highest BCUT2D eigenvalue weighted by atomic mass is 35.5. The highest BCUT2D eigenvalue weighted by Gasteiger charge is 2.35. The molecule has 1 aromatic rings. The van der Waals surface area contributed by atoms with Crippen LogP contribution in [-0.4, -0.2) is 30.6 Å². The lowest BCUT2D eigenvalue weighted by atomic mass is 9.86. The summed E-state index contributed by atoms with van der Waals surface area (Å²) in [6, 6.07) is 5.49. The van der Waals surface area contributed by atoms with Gasteiger partial charge in [0.15, 0.2) is 0 Å². The molecule has 3 aliphatic rings. The van der Waals surface area contributed by atoms with Gasteiger partial charge in [0.1, 0.15) is 11.9 Å². The molecular weight excluding hydrogens is 257 g/mol. The maximum atomic E-state index is 6.04. The van der Waals surface area contributed by atoms with Crippen LogP contribution in [-0.2, 0) is 0 Å². The molecule has 17 heavy (non-hydrogen) atoms. The van der Waals surface area contributed by atoms with E-state index in [4.69, 9.17) is 27.9 Å². The normalized spacial score (nSPS) is 31.5. The third-order valence-electron chi connectivity index (χ3n) is 3.77. The van der Waals surface area contributed by atoms with Crippen LogP contribution < -0.4 is 4.74 Å². The number of benzene rings is 1. The SMILES string of the molecule is Clc1ccc(O[C@H]2CN3CCC2CC3)cc1Cl. The zero-order valence-electron chi connectivity index (χ0n) is 9.53. The Morgan fingerprint density at radius 1 is 1.12 bits per heavy atom. The number of hydrogen-bond acceptors (Lipinski definition) is 2. The van der Waals surface area contributed by atoms with E-state index in [1.165, 1.54) is 25.9 Å². The molecule has 0 aliphatic carbocycles. The highest BCUT2D eigenvalue weighted by Crippen LogP contribution is 2.32. The summed E-state index contributed by atoms with van der Waals surface area (Å²) < 4.78 is 6.04. The van der Waals surface area contributed by atoms with Gasteiger partial charge in [0.05, 0.1) is 10.0 Å². The third-order valence-corrected chi connectivity index (χ3v) is 4.51. The molecule has 4 rings (SSSR count). The van der Waals surface area contributed by atoms with Gasteiger partial charge in [-0.05, 0) is 44.0 Å². The Bertz CT molecular complexity index is 416. The van der Waals surface area contributed by atoms with Crippen molar-refractivity contribution in [3.05, 3.63) is 28.2 Å². The van der Waals surface area contributed by atoms with Crippen LogP contribution in [0.3, 0.4) is 0 Å². The van der Waals surface area contributed by atoms with Gasteiger partial charge in [-0.1, -0.05) is 23.2 Å². The first-order valence-electron chi connectivity index (χ1n) is 6.06. The first kappa shape index (κ1) is 11.6. The Kier molecular flexibility index (Phi) is 3.20. The summed E-state index contributed by atoms with van der Waals surface area (Å²) >= 11 is 11.9. The van der Waals surface area contributed by atoms with Crippen molar-refractivity contribution >= 4 is 23.2 Å². The van der Waals surface area contributed by atoms with Gasteiger partial charge in [0.25, 0.3) is 0 Å². The average molecular weight is 272 g/mol. The average Bonchev–Trinajstić information content (AvgIpc) is 2.35.